The van der Waals surface area contributed by atoms with E-state index in [0.717, 1.165) is 0 Å². The van der Waals surface area contributed by atoms with Gasteiger partial charge in [-0.1, -0.05) is 0 Å². The number of hydrogen-bond donors (Lipinski definition) is 0. The van der Waals surface area contributed by atoms with E-state index in [1.165, 1.54) is 0 Å². The van der Waals surface area contributed by atoms with Crippen molar-refractivity contribution in [2.24, 2.45) is 0 Å². The lowest BCUT2D eigenvalue weighted by Crippen LogP contribution is -2.22. The smallest absolute Gasteiger partial charge is 0.293 e. The van der Waals surface area contributed by atoms with Crippen LogP contribution < -0.4 is 0 Å². The third-order valence-electron chi connectivity index (χ3n) is 0.628. The Balaban J connectivity index is 3.67. The fourth-order valence-corrected chi connectivity index (χ4v) is 2.20. The van der Waals surface area contributed by atoms with Crippen molar-refractivity contribution in [3.05, 3.63) is 0 Å². The SMILES string of the molecule is C#C[Si][Si](C#CC)OC. The van der Waals surface area contributed by atoms with Gasteiger partial charge in [-0.05, 0) is 6.92 Å². The van der Waals surface area contributed by atoms with Crippen LogP contribution in [0.2, 0.25) is 0 Å². The first-order valence-electron chi connectivity index (χ1n) is 2.40. The maximum Gasteiger partial charge on any atom is 0.293 e. The Hall–Kier alpha value is -0.486. The zero-order valence-electron chi connectivity index (χ0n) is 5.49. The molecule has 9 heavy (non-hydrogen) atoms. The Labute approximate surface area is 60.1 Å². The molecule has 0 bridgehead atoms. The van der Waals surface area contributed by atoms with Crippen LogP contribution in [0.3, 0.4) is 0 Å². The average Bonchev–Trinajstić information content (AvgIpc) is 1.88. The number of terminal acetylenes is 1. The van der Waals surface area contributed by atoms with Crippen LogP contribution in [0.1, 0.15) is 6.92 Å². The van der Waals surface area contributed by atoms with Gasteiger partial charge in [-0.25, -0.2) is 0 Å². The summed E-state index contributed by atoms with van der Waals surface area (Å²) in [6.07, 6.45) is 5.08. The third-order valence-corrected chi connectivity index (χ3v) is 3.99. The van der Waals surface area contributed by atoms with Crippen molar-refractivity contribution in [3.8, 4) is 23.4 Å². The van der Waals surface area contributed by atoms with E-state index in [1.54, 1.807) is 14.0 Å². The Bertz CT molecular complexity index is 160. The van der Waals surface area contributed by atoms with Crippen molar-refractivity contribution in [3.63, 3.8) is 0 Å². The highest BCUT2D eigenvalue weighted by molar-refractivity contribution is 7.16. The summed E-state index contributed by atoms with van der Waals surface area (Å²) in [6.45, 7) is 1.80. The Morgan fingerprint density at radius 2 is 2.33 bits per heavy atom. The van der Waals surface area contributed by atoms with Crippen molar-refractivity contribution in [2.45, 2.75) is 6.92 Å². The van der Waals surface area contributed by atoms with Gasteiger partial charge in [0, 0.05) is 7.11 Å². The van der Waals surface area contributed by atoms with Gasteiger partial charge in [0.05, 0.1) is 0 Å². The van der Waals surface area contributed by atoms with Crippen LogP contribution in [0.25, 0.3) is 0 Å². The standard InChI is InChI=1S/C6H7OSi2/c1-4-6-9(7-3)8-5-2/h2H,1,3H3. The van der Waals surface area contributed by atoms with Crippen LogP contribution in [-0.2, 0) is 4.43 Å². The molecule has 1 nitrogen and oxygen atoms in total. The van der Waals surface area contributed by atoms with E-state index in [2.05, 4.69) is 17.0 Å². The highest BCUT2D eigenvalue weighted by Crippen LogP contribution is 1.75. The van der Waals surface area contributed by atoms with Crippen LogP contribution >= 0.6 is 0 Å². The second-order valence-corrected chi connectivity index (χ2v) is 5.15. The summed E-state index contributed by atoms with van der Waals surface area (Å²) < 4.78 is 5.03. The number of rotatable bonds is 2. The quantitative estimate of drug-likeness (QED) is 0.398. The summed E-state index contributed by atoms with van der Waals surface area (Å²) in [6, 6.07) is 0. The molecule has 0 spiro atoms. The predicted molar refractivity (Wildman–Crippen MR) is 40.8 cm³/mol. The molecule has 3 heteroatoms. The molecule has 0 rings (SSSR count). The monoisotopic (exact) mass is 151 g/mol. The summed E-state index contributed by atoms with van der Waals surface area (Å²) in [4.78, 5) is 0. The molecule has 0 N–H and O–H groups in total. The summed E-state index contributed by atoms with van der Waals surface area (Å²) >= 11 is 0. The molecular formula is C6H7OSi2. The van der Waals surface area contributed by atoms with E-state index in [1.807, 2.05) is 0 Å². The molecule has 0 aliphatic rings. The molecule has 0 unspecified atom stereocenters. The van der Waals surface area contributed by atoms with E-state index in [4.69, 9.17) is 10.8 Å². The Kier molecular flexibility index (Phi) is 5.34. The maximum absolute atomic E-state index is 5.08. The molecular weight excluding hydrogens is 144 g/mol. The fraction of sp³-hybridized carbons (Fsp3) is 0.333. The predicted octanol–water partition coefficient (Wildman–Crippen LogP) is -0.0216. The van der Waals surface area contributed by atoms with Gasteiger partial charge in [-0.3, -0.25) is 0 Å². The summed E-state index contributed by atoms with van der Waals surface area (Å²) in [5.41, 5.74) is 5.48. The van der Waals surface area contributed by atoms with E-state index < -0.39 is 8.56 Å². The van der Waals surface area contributed by atoms with Gasteiger partial charge in [0.15, 0.2) is 9.04 Å². The minimum absolute atomic E-state index is 0.447. The molecule has 0 saturated heterocycles. The van der Waals surface area contributed by atoms with Gasteiger partial charge in [-0.15, -0.1) is 23.4 Å². The first-order valence-corrected chi connectivity index (χ1v) is 5.81. The molecule has 0 aromatic carbocycles. The molecule has 0 aliphatic carbocycles. The van der Waals surface area contributed by atoms with Crippen molar-refractivity contribution in [1.29, 1.82) is 0 Å². The zero-order chi connectivity index (χ0) is 7.11. The van der Waals surface area contributed by atoms with Gasteiger partial charge >= 0.3 is 0 Å². The van der Waals surface area contributed by atoms with Gasteiger partial charge in [0.25, 0.3) is 8.56 Å². The second-order valence-electron chi connectivity index (χ2n) is 1.18. The highest BCUT2D eigenvalue weighted by Gasteiger charge is 2.05. The summed E-state index contributed by atoms with van der Waals surface area (Å²) in [7, 11) is 1.15. The van der Waals surface area contributed by atoms with E-state index in [9.17, 15) is 0 Å². The van der Waals surface area contributed by atoms with Gasteiger partial charge in [-0.2, -0.15) is 0 Å². The number of hydrogen-bond acceptors (Lipinski definition) is 1. The molecule has 0 fully saturated rings. The molecule has 0 amide bonds. The van der Waals surface area contributed by atoms with Gasteiger partial charge in [0.2, 0.25) is 0 Å². The molecule has 0 heterocycles. The molecule has 0 aromatic rings. The van der Waals surface area contributed by atoms with Crippen molar-refractivity contribution in [2.75, 3.05) is 7.11 Å². The lowest BCUT2D eigenvalue weighted by Gasteiger charge is -1.95. The lowest BCUT2D eigenvalue weighted by molar-refractivity contribution is 0.444. The molecule has 0 saturated carbocycles. The Morgan fingerprint density at radius 3 is 2.67 bits per heavy atom. The molecule has 45 valence electrons. The molecule has 0 atom stereocenters. The van der Waals surface area contributed by atoms with Crippen molar-refractivity contribution < 1.29 is 4.43 Å². The van der Waals surface area contributed by atoms with Crippen LogP contribution in [0.15, 0.2) is 0 Å². The Morgan fingerprint density at radius 1 is 1.67 bits per heavy atom. The van der Waals surface area contributed by atoms with Crippen LogP contribution in [0.4, 0.5) is 0 Å². The topological polar surface area (TPSA) is 9.23 Å². The summed E-state index contributed by atoms with van der Waals surface area (Å²) in [5, 5.41) is 0. The lowest BCUT2D eigenvalue weighted by atomic mass is 10.8. The average molecular weight is 151 g/mol. The first-order chi connectivity index (χ1) is 4.35. The second kappa shape index (κ2) is 5.65. The maximum atomic E-state index is 5.08. The zero-order valence-corrected chi connectivity index (χ0v) is 7.49. The summed E-state index contributed by atoms with van der Waals surface area (Å²) in [5.74, 6) is 2.79. The largest absolute Gasteiger partial charge is 0.410 e. The minimum Gasteiger partial charge on any atom is -0.410 e. The van der Waals surface area contributed by atoms with E-state index >= 15 is 0 Å². The van der Waals surface area contributed by atoms with Gasteiger partial charge < -0.3 is 4.43 Å². The first kappa shape index (κ1) is 8.51. The van der Waals surface area contributed by atoms with Crippen LogP contribution in [-0.4, -0.2) is 24.7 Å². The van der Waals surface area contributed by atoms with Gasteiger partial charge in [0.1, 0.15) is 0 Å². The molecule has 0 aromatic heterocycles. The van der Waals surface area contributed by atoms with Crippen LogP contribution in [0.5, 0.6) is 0 Å². The fourth-order valence-electron chi connectivity index (χ4n) is 0.312. The highest BCUT2D eigenvalue weighted by atomic mass is 29.2. The normalized spacial score (nSPS) is 7.78. The molecule has 0 aliphatic heterocycles. The third kappa shape index (κ3) is 4.05. The van der Waals surface area contributed by atoms with Crippen LogP contribution in [0, 0.1) is 23.4 Å². The van der Waals surface area contributed by atoms with Crippen molar-refractivity contribution >= 4 is 17.6 Å². The van der Waals surface area contributed by atoms with E-state index in [-0.39, 0.29) is 0 Å². The minimum atomic E-state index is -0.955. The molecule has 3 radical (unpaired) electrons. The van der Waals surface area contributed by atoms with Crippen molar-refractivity contribution in [1.82, 2.24) is 0 Å². The van der Waals surface area contributed by atoms with E-state index in [0.29, 0.717) is 9.04 Å².